The summed E-state index contributed by atoms with van der Waals surface area (Å²) in [7, 11) is -0.494. The fraction of sp³-hybridized carbons (Fsp3) is 0.400. The summed E-state index contributed by atoms with van der Waals surface area (Å²) < 4.78 is 32.7. The zero-order valence-electron chi connectivity index (χ0n) is 18.3. The van der Waals surface area contributed by atoms with Gasteiger partial charge in [0.15, 0.2) is 0 Å². The van der Waals surface area contributed by atoms with Crippen LogP contribution in [0.15, 0.2) is 34.3 Å². The standard InChI is InChI=1S/C20H25N5O5S2/c1-13-17(9-10-18(26)27)14(2)25-19(21-13)22-20(23-25)31-12-11-30-15-5-7-16(8-6-15)32(28,29)24(3)4/h5-8H,9-12H2,1-4H3,(H,26,27). The van der Waals surface area contributed by atoms with Gasteiger partial charge in [-0.3, -0.25) is 4.79 Å². The minimum atomic E-state index is -3.47. The van der Waals surface area contributed by atoms with Gasteiger partial charge in [0.05, 0.1) is 11.5 Å². The molecule has 0 spiro atoms. The molecule has 0 aliphatic carbocycles. The van der Waals surface area contributed by atoms with E-state index >= 15 is 0 Å². The van der Waals surface area contributed by atoms with Crippen LogP contribution in [0.5, 0.6) is 5.75 Å². The topological polar surface area (TPSA) is 127 Å². The van der Waals surface area contributed by atoms with Gasteiger partial charge >= 0.3 is 5.97 Å². The van der Waals surface area contributed by atoms with Gasteiger partial charge in [0, 0.05) is 37.7 Å². The normalized spacial score (nSPS) is 11.9. The Balaban J connectivity index is 1.60. The molecule has 10 nitrogen and oxygen atoms in total. The van der Waals surface area contributed by atoms with Gasteiger partial charge in [0.2, 0.25) is 15.2 Å². The SMILES string of the molecule is Cc1nc2nc(SCCOc3ccc(S(=O)(=O)N(C)C)cc3)nn2c(C)c1CCC(=O)O. The maximum atomic E-state index is 12.1. The molecule has 32 heavy (non-hydrogen) atoms. The number of aryl methyl sites for hydroxylation is 2. The molecule has 1 N–H and O–H groups in total. The molecular formula is C20H25N5O5S2. The Hall–Kier alpha value is -2.70. The molecule has 1 aromatic carbocycles. The fourth-order valence-electron chi connectivity index (χ4n) is 3.06. The minimum absolute atomic E-state index is 0.0323. The third-order valence-electron chi connectivity index (χ3n) is 4.80. The summed E-state index contributed by atoms with van der Waals surface area (Å²) in [6.07, 6.45) is 0.422. The quantitative estimate of drug-likeness (QED) is 0.344. The summed E-state index contributed by atoms with van der Waals surface area (Å²) in [5.74, 6) is 0.772. The molecule has 0 saturated carbocycles. The number of sulfonamides is 1. The Morgan fingerprint density at radius 3 is 2.50 bits per heavy atom. The van der Waals surface area contributed by atoms with E-state index in [1.54, 1.807) is 16.6 Å². The van der Waals surface area contributed by atoms with Crippen LogP contribution in [0.4, 0.5) is 0 Å². The van der Waals surface area contributed by atoms with Crippen LogP contribution in [0.3, 0.4) is 0 Å². The van der Waals surface area contributed by atoms with Gasteiger partial charge in [-0.25, -0.2) is 22.2 Å². The Morgan fingerprint density at radius 2 is 1.88 bits per heavy atom. The van der Waals surface area contributed by atoms with Crippen LogP contribution in [0.2, 0.25) is 0 Å². The number of hydrogen-bond donors (Lipinski definition) is 1. The number of carbonyl (C=O) groups is 1. The number of aliphatic carboxylic acids is 1. The molecule has 0 fully saturated rings. The van der Waals surface area contributed by atoms with Crippen LogP contribution < -0.4 is 4.74 Å². The highest BCUT2D eigenvalue weighted by molar-refractivity contribution is 7.99. The molecule has 3 rings (SSSR count). The maximum Gasteiger partial charge on any atom is 0.303 e. The summed E-state index contributed by atoms with van der Waals surface area (Å²) in [5, 5.41) is 14.0. The number of rotatable bonds is 10. The lowest BCUT2D eigenvalue weighted by Crippen LogP contribution is -2.22. The zero-order chi connectivity index (χ0) is 23.5. The van der Waals surface area contributed by atoms with E-state index in [1.165, 1.54) is 38.0 Å². The highest BCUT2D eigenvalue weighted by Gasteiger charge is 2.17. The molecule has 0 radical (unpaired) electrons. The average Bonchev–Trinajstić information content (AvgIpc) is 3.14. The van der Waals surface area contributed by atoms with Crippen LogP contribution in [-0.2, 0) is 21.2 Å². The molecule has 0 unspecified atom stereocenters. The fourth-order valence-corrected chi connectivity index (χ4v) is 4.59. The number of nitrogens with zero attached hydrogens (tertiary/aromatic N) is 5. The molecule has 2 aromatic heterocycles. The number of hydrogen-bond acceptors (Lipinski definition) is 8. The highest BCUT2D eigenvalue weighted by Crippen LogP contribution is 2.21. The number of fused-ring (bicyclic) bond motifs is 1. The Morgan fingerprint density at radius 1 is 1.19 bits per heavy atom. The van der Waals surface area contributed by atoms with Crippen molar-refractivity contribution in [2.75, 3.05) is 26.5 Å². The zero-order valence-corrected chi connectivity index (χ0v) is 19.9. The van der Waals surface area contributed by atoms with Crippen LogP contribution in [-0.4, -0.2) is 69.8 Å². The second kappa shape index (κ2) is 9.84. The van der Waals surface area contributed by atoms with Crippen molar-refractivity contribution in [1.29, 1.82) is 0 Å². The van der Waals surface area contributed by atoms with Crippen molar-refractivity contribution in [3.8, 4) is 5.75 Å². The Labute approximate surface area is 190 Å². The molecule has 0 aliphatic heterocycles. The molecule has 12 heteroatoms. The first-order chi connectivity index (χ1) is 15.1. The predicted octanol–water partition coefficient (Wildman–Crippen LogP) is 2.18. The van der Waals surface area contributed by atoms with E-state index < -0.39 is 16.0 Å². The van der Waals surface area contributed by atoms with Crippen molar-refractivity contribution in [2.45, 2.75) is 36.7 Å². The van der Waals surface area contributed by atoms with E-state index in [4.69, 9.17) is 9.84 Å². The largest absolute Gasteiger partial charge is 0.493 e. The lowest BCUT2D eigenvalue weighted by Gasteiger charge is -2.12. The highest BCUT2D eigenvalue weighted by atomic mass is 32.2. The summed E-state index contributed by atoms with van der Waals surface area (Å²) in [6, 6.07) is 6.28. The molecule has 0 atom stereocenters. The molecule has 0 aliphatic rings. The van der Waals surface area contributed by atoms with Crippen molar-refractivity contribution >= 4 is 33.5 Å². The van der Waals surface area contributed by atoms with Gasteiger partial charge < -0.3 is 9.84 Å². The summed E-state index contributed by atoms with van der Waals surface area (Å²) in [6.45, 7) is 4.11. The van der Waals surface area contributed by atoms with Crippen LogP contribution in [0.1, 0.15) is 23.4 Å². The third-order valence-corrected chi connectivity index (χ3v) is 7.44. The second-order valence-electron chi connectivity index (χ2n) is 7.22. The minimum Gasteiger partial charge on any atom is -0.493 e. The van der Waals surface area contributed by atoms with Crippen molar-refractivity contribution in [3.05, 3.63) is 41.2 Å². The van der Waals surface area contributed by atoms with E-state index in [9.17, 15) is 13.2 Å². The lowest BCUT2D eigenvalue weighted by atomic mass is 10.1. The number of aromatic nitrogens is 4. The Kier molecular flexibility index (Phi) is 7.36. The Bertz CT molecular complexity index is 1220. The van der Waals surface area contributed by atoms with E-state index in [2.05, 4.69) is 15.1 Å². The lowest BCUT2D eigenvalue weighted by molar-refractivity contribution is -0.136. The number of benzene rings is 1. The molecule has 2 heterocycles. The van der Waals surface area contributed by atoms with Crippen LogP contribution in [0, 0.1) is 13.8 Å². The average molecular weight is 480 g/mol. The van der Waals surface area contributed by atoms with E-state index in [1.807, 2.05) is 13.8 Å². The molecule has 172 valence electrons. The first kappa shape index (κ1) is 24.0. The van der Waals surface area contributed by atoms with Crippen LogP contribution >= 0.6 is 11.8 Å². The van der Waals surface area contributed by atoms with Gasteiger partial charge in [-0.1, -0.05) is 11.8 Å². The van der Waals surface area contributed by atoms with E-state index in [-0.39, 0.29) is 11.3 Å². The van der Waals surface area contributed by atoms with Crippen molar-refractivity contribution in [1.82, 2.24) is 23.9 Å². The molecule has 3 aromatic rings. The monoisotopic (exact) mass is 479 g/mol. The number of thioether (sulfide) groups is 1. The number of carboxylic acids is 1. The van der Waals surface area contributed by atoms with Crippen molar-refractivity contribution in [3.63, 3.8) is 0 Å². The van der Waals surface area contributed by atoms with Gasteiger partial charge in [0.25, 0.3) is 5.78 Å². The van der Waals surface area contributed by atoms with E-state index in [0.717, 1.165) is 21.3 Å². The van der Waals surface area contributed by atoms with Gasteiger partial charge in [0.1, 0.15) is 5.75 Å². The smallest absolute Gasteiger partial charge is 0.303 e. The summed E-state index contributed by atoms with van der Waals surface area (Å²) >= 11 is 1.41. The molecule has 0 amide bonds. The first-order valence-corrected chi connectivity index (χ1v) is 12.2. The number of carboxylic acid groups (broad SMARTS) is 1. The predicted molar refractivity (Wildman–Crippen MR) is 120 cm³/mol. The maximum absolute atomic E-state index is 12.1. The first-order valence-electron chi connectivity index (χ1n) is 9.82. The van der Waals surface area contributed by atoms with Crippen LogP contribution in [0.25, 0.3) is 5.78 Å². The van der Waals surface area contributed by atoms with Gasteiger partial charge in [-0.15, -0.1) is 5.10 Å². The summed E-state index contributed by atoms with van der Waals surface area (Å²) in [5.41, 5.74) is 2.45. The number of ether oxygens (including phenoxy) is 1. The van der Waals surface area contributed by atoms with Crippen molar-refractivity contribution < 1.29 is 23.1 Å². The van der Waals surface area contributed by atoms with E-state index in [0.29, 0.717) is 35.5 Å². The van der Waals surface area contributed by atoms with Crippen molar-refractivity contribution in [2.24, 2.45) is 0 Å². The third kappa shape index (κ3) is 5.37. The molecular weight excluding hydrogens is 454 g/mol. The molecule has 0 saturated heterocycles. The molecule has 0 bridgehead atoms. The second-order valence-corrected chi connectivity index (χ2v) is 10.4. The van der Waals surface area contributed by atoms with Gasteiger partial charge in [-0.05, 0) is 50.1 Å². The summed E-state index contributed by atoms with van der Waals surface area (Å²) in [4.78, 5) is 20.0. The van der Waals surface area contributed by atoms with Gasteiger partial charge in [-0.2, -0.15) is 4.98 Å².